The molecule has 0 aliphatic heterocycles. The fourth-order valence-electron chi connectivity index (χ4n) is 2.48. The molecule has 0 amide bonds. The number of aromatic nitrogens is 1. The Balaban J connectivity index is 2.02. The molecule has 19 heavy (non-hydrogen) atoms. The zero-order valence-electron chi connectivity index (χ0n) is 11.2. The molecule has 2 aromatic rings. The monoisotopic (exact) mass is 257 g/mol. The summed E-state index contributed by atoms with van der Waals surface area (Å²) in [5.41, 5.74) is 8.78. The van der Waals surface area contributed by atoms with Crippen LogP contribution < -0.4 is 10.6 Å². The number of nitrogens with zero attached hydrogens (tertiary/aromatic N) is 2. The van der Waals surface area contributed by atoms with Gasteiger partial charge in [-0.1, -0.05) is 0 Å². The van der Waals surface area contributed by atoms with E-state index >= 15 is 0 Å². The van der Waals surface area contributed by atoms with Gasteiger partial charge in [-0.05, 0) is 37.1 Å². The Morgan fingerprint density at radius 2 is 2.21 bits per heavy atom. The Bertz CT molecular complexity index is 581. The topological polar surface area (TPSA) is 51.4 Å². The summed E-state index contributed by atoms with van der Waals surface area (Å²) in [6, 6.07) is 8.68. The smallest absolute Gasteiger partial charge is 0.0743 e. The van der Waals surface area contributed by atoms with Gasteiger partial charge in [-0.3, -0.25) is 4.98 Å². The zero-order valence-corrected chi connectivity index (χ0v) is 11.2. The molecule has 1 aliphatic carbocycles. The normalized spacial score (nSPS) is 14.8. The molecule has 0 atom stereocenters. The molecule has 1 saturated carbocycles. The van der Waals surface area contributed by atoms with Crippen LogP contribution >= 0.6 is 0 Å². The van der Waals surface area contributed by atoms with Gasteiger partial charge < -0.3 is 15.4 Å². The first kappa shape index (κ1) is 12.2. The van der Waals surface area contributed by atoms with Crippen molar-refractivity contribution in [3.63, 3.8) is 0 Å². The Kier molecular flexibility index (Phi) is 3.25. The Hall–Kier alpha value is -1.81. The number of pyridine rings is 1. The van der Waals surface area contributed by atoms with E-state index in [0.717, 1.165) is 24.4 Å². The fraction of sp³-hybridized carbons (Fsp3) is 0.400. The van der Waals surface area contributed by atoms with E-state index in [0.29, 0.717) is 6.04 Å². The molecule has 1 aliphatic rings. The van der Waals surface area contributed by atoms with Crippen molar-refractivity contribution in [1.82, 2.24) is 4.98 Å². The van der Waals surface area contributed by atoms with Gasteiger partial charge in [0.05, 0.1) is 12.1 Å². The maximum atomic E-state index is 5.83. The van der Waals surface area contributed by atoms with E-state index in [2.05, 4.69) is 22.0 Å². The number of methoxy groups -OCH3 is 1. The Morgan fingerprint density at radius 3 is 2.95 bits per heavy atom. The number of benzene rings is 1. The minimum atomic E-state index is 0.651. The molecule has 3 rings (SSSR count). The Morgan fingerprint density at radius 1 is 1.37 bits per heavy atom. The van der Waals surface area contributed by atoms with Crippen LogP contribution in [0.5, 0.6) is 0 Å². The third-order valence-corrected chi connectivity index (χ3v) is 3.58. The number of fused-ring (bicyclic) bond motifs is 1. The second-order valence-electron chi connectivity index (χ2n) is 5.02. The van der Waals surface area contributed by atoms with E-state index in [4.69, 9.17) is 10.5 Å². The van der Waals surface area contributed by atoms with Gasteiger partial charge in [-0.25, -0.2) is 0 Å². The largest absolute Gasteiger partial charge is 0.399 e. The van der Waals surface area contributed by atoms with Crippen LogP contribution in [0.3, 0.4) is 0 Å². The first-order valence-electron chi connectivity index (χ1n) is 6.69. The highest BCUT2D eigenvalue weighted by Crippen LogP contribution is 2.35. The van der Waals surface area contributed by atoms with Gasteiger partial charge >= 0.3 is 0 Å². The molecule has 4 nitrogen and oxygen atoms in total. The average Bonchev–Trinajstić information content (AvgIpc) is 3.23. The molecule has 4 heteroatoms. The van der Waals surface area contributed by atoms with Crippen LogP contribution in [-0.2, 0) is 4.74 Å². The molecule has 0 radical (unpaired) electrons. The number of hydrogen-bond acceptors (Lipinski definition) is 4. The molecule has 100 valence electrons. The predicted octanol–water partition coefficient (Wildman–Crippen LogP) is 2.43. The van der Waals surface area contributed by atoms with Crippen LogP contribution in [0.1, 0.15) is 12.8 Å². The summed E-state index contributed by atoms with van der Waals surface area (Å²) in [5.74, 6) is 0. The lowest BCUT2D eigenvalue weighted by molar-refractivity contribution is 0.205. The van der Waals surface area contributed by atoms with Crippen LogP contribution in [0.15, 0.2) is 30.5 Å². The summed E-state index contributed by atoms with van der Waals surface area (Å²) in [6.45, 7) is 1.67. The summed E-state index contributed by atoms with van der Waals surface area (Å²) in [6.07, 6.45) is 4.39. The van der Waals surface area contributed by atoms with Gasteiger partial charge in [0, 0.05) is 42.7 Å². The van der Waals surface area contributed by atoms with Crippen molar-refractivity contribution in [1.29, 1.82) is 0 Å². The first-order chi connectivity index (χ1) is 9.29. The second kappa shape index (κ2) is 5.05. The van der Waals surface area contributed by atoms with Crippen LogP contribution in [-0.4, -0.2) is 31.3 Å². The van der Waals surface area contributed by atoms with Gasteiger partial charge in [0.1, 0.15) is 0 Å². The number of hydrogen-bond donors (Lipinski definition) is 1. The lowest BCUT2D eigenvalue weighted by Crippen LogP contribution is -2.29. The van der Waals surface area contributed by atoms with Crippen LogP contribution in [0, 0.1) is 0 Å². The van der Waals surface area contributed by atoms with Crippen molar-refractivity contribution in [2.45, 2.75) is 18.9 Å². The Labute approximate surface area is 113 Å². The number of ether oxygens (including phenoxy) is 1. The zero-order chi connectivity index (χ0) is 13.2. The number of nitrogens with two attached hydrogens (primary N) is 1. The van der Waals surface area contributed by atoms with Gasteiger partial charge in [0.15, 0.2) is 0 Å². The highest BCUT2D eigenvalue weighted by Gasteiger charge is 2.29. The van der Waals surface area contributed by atoms with Gasteiger partial charge in [0.2, 0.25) is 0 Å². The van der Waals surface area contributed by atoms with E-state index in [1.807, 2.05) is 18.3 Å². The number of rotatable bonds is 5. The molecule has 0 saturated heterocycles. The van der Waals surface area contributed by atoms with E-state index in [-0.39, 0.29) is 0 Å². The molecule has 2 N–H and O–H groups in total. The summed E-state index contributed by atoms with van der Waals surface area (Å²) in [7, 11) is 1.75. The molecule has 0 spiro atoms. The quantitative estimate of drug-likeness (QED) is 0.836. The maximum Gasteiger partial charge on any atom is 0.0743 e. The number of nitrogen functional groups attached to an aromatic ring is 1. The average molecular weight is 257 g/mol. The summed E-state index contributed by atoms with van der Waals surface area (Å²) < 4.78 is 5.23. The molecule has 1 aromatic carbocycles. The summed E-state index contributed by atoms with van der Waals surface area (Å²) >= 11 is 0. The fourth-order valence-corrected chi connectivity index (χ4v) is 2.48. The third kappa shape index (κ3) is 2.49. The van der Waals surface area contributed by atoms with Crippen LogP contribution in [0.25, 0.3) is 10.9 Å². The van der Waals surface area contributed by atoms with Crippen molar-refractivity contribution >= 4 is 22.3 Å². The van der Waals surface area contributed by atoms with Crippen LogP contribution in [0.2, 0.25) is 0 Å². The van der Waals surface area contributed by atoms with Crippen LogP contribution in [0.4, 0.5) is 11.4 Å². The molecular weight excluding hydrogens is 238 g/mol. The standard InChI is InChI=1S/C15H19N3O/c1-19-9-8-18(12-3-4-12)15-6-7-17-14-10-11(16)2-5-13(14)15/h2,5-7,10,12H,3-4,8-9,16H2,1H3. The summed E-state index contributed by atoms with van der Waals surface area (Å²) in [4.78, 5) is 6.84. The lowest BCUT2D eigenvalue weighted by Gasteiger charge is -2.25. The number of anilines is 2. The third-order valence-electron chi connectivity index (χ3n) is 3.58. The molecule has 1 heterocycles. The SMILES string of the molecule is COCCN(c1ccnc2cc(N)ccc12)C1CC1. The van der Waals surface area contributed by atoms with Crippen molar-refractivity contribution in [3.8, 4) is 0 Å². The maximum absolute atomic E-state index is 5.83. The molecule has 0 unspecified atom stereocenters. The van der Waals surface area contributed by atoms with Crippen molar-refractivity contribution in [3.05, 3.63) is 30.5 Å². The second-order valence-corrected chi connectivity index (χ2v) is 5.02. The van der Waals surface area contributed by atoms with Gasteiger partial charge in [-0.2, -0.15) is 0 Å². The summed E-state index contributed by atoms with van der Waals surface area (Å²) in [5, 5.41) is 1.17. The van der Waals surface area contributed by atoms with E-state index in [1.165, 1.54) is 23.9 Å². The first-order valence-corrected chi connectivity index (χ1v) is 6.69. The highest BCUT2D eigenvalue weighted by molar-refractivity contribution is 5.93. The van der Waals surface area contributed by atoms with Gasteiger partial charge in [-0.15, -0.1) is 0 Å². The highest BCUT2D eigenvalue weighted by atomic mass is 16.5. The molecule has 0 bridgehead atoms. The molecule has 1 fully saturated rings. The lowest BCUT2D eigenvalue weighted by atomic mass is 10.1. The predicted molar refractivity (Wildman–Crippen MR) is 78.4 cm³/mol. The molecule has 1 aromatic heterocycles. The minimum Gasteiger partial charge on any atom is -0.399 e. The molecular formula is C15H19N3O. The van der Waals surface area contributed by atoms with E-state index in [9.17, 15) is 0 Å². The van der Waals surface area contributed by atoms with E-state index < -0.39 is 0 Å². The minimum absolute atomic E-state index is 0.651. The van der Waals surface area contributed by atoms with E-state index in [1.54, 1.807) is 7.11 Å². The van der Waals surface area contributed by atoms with Gasteiger partial charge in [0.25, 0.3) is 0 Å². The van der Waals surface area contributed by atoms with Crippen molar-refractivity contribution in [2.24, 2.45) is 0 Å². The van der Waals surface area contributed by atoms with Crippen molar-refractivity contribution < 1.29 is 4.74 Å². The van der Waals surface area contributed by atoms with Crippen molar-refractivity contribution in [2.75, 3.05) is 30.9 Å².